The number of halogens is 2. The third kappa shape index (κ3) is 4.37. The lowest BCUT2D eigenvalue weighted by molar-refractivity contribution is 0.00789. The lowest BCUT2D eigenvalue weighted by atomic mass is 9.92. The minimum atomic E-state index is -0.521. The molecule has 0 radical (unpaired) electrons. The van der Waals surface area contributed by atoms with Gasteiger partial charge in [-0.25, -0.2) is 4.79 Å². The summed E-state index contributed by atoms with van der Waals surface area (Å²) in [6.07, 6.45) is 1.16. The van der Waals surface area contributed by atoms with E-state index in [2.05, 4.69) is 15.9 Å². The molecule has 1 heterocycles. The second-order valence-corrected chi connectivity index (χ2v) is 7.93. The van der Waals surface area contributed by atoms with Crippen LogP contribution in [0.3, 0.4) is 0 Å². The molecule has 2 unspecified atom stereocenters. The average Bonchev–Trinajstić information content (AvgIpc) is 2.39. The number of carbonyl (C=O) groups is 1. The molecule has 22 heavy (non-hydrogen) atoms. The predicted octanol–water partition coefficient (Wildman–Crippen LogP) is 4.50. The van der Waals surface area contributed by atoms with E-state index in [1.807, 2.05) is 39.0 Å². The van der Waals surface area contributed by atoms with Crippen LogP contribution in [0.15, 0.2) is 22.7 Å². The van der Waals surface area contributed by atoms with Crippen LogP contribution in [0.4, 0.5) is 4.79 Å². The quantitative estimate of drug-likeness (QED) is 0.769. The van der Waals surface area contributed by atoms with Crippen LogP contribution in [0, 0.1) is 0 Å². The number of nitrogens with zero attached hydrogens (tertiary/aromatic N) is 1. The van der Waals surface area contributed by atoms with Gasteiger partial charge in [-0.3, -0.25) is 0 Å². The third-order valence-electron chi connectivity index (χ3n) is 3.59. The molecule has 0 spiro atoms. The summed E-state index contributed by atoms with van der Waals surface area (Å²) in [5.74, 6) is 0. The fraction of sp³-hybridized carbons (Fsp3) is 0.562. The van der Waals surface area contributed by atoms with E-state index in [-0.39, 0.29) is 18.2 Å². The summed E-state index contributed by atoms with van der Waals surface area (Å²) < 4.78 is 6.45. The Hall–Kier alpha value is -0.780. The van der Waals surface area contributed by atoms with Gasteiger partial charge in [0.2, 0.25) is 0 Å². The maximum Gasteiger partial charge on any atom is 0.410 e. The summed E-state index contributed by atoms with van der Waals surface area (Å²) in [6.45, 7) is 6.18. The van der Waals surface area contributed by atoms with Crippen molar-refractivity contribution in [2.45, 2.75) is 51.3 Å². The molecule has 1 aromatic carbocycles. The highest BCUT2D eigenvalue weighted by molar-refractivity contribution is 9.10. The van der Waals surface area contributed by atoms with Gasteiger partial charge < -0.3 is 15.4 Å². The second-order valence-electron chi connectivity index (χ2n) is 6.64. The molecule has 0 aliphatic carbocycles. The van der Waals surface area contributed by atoms with Crippen LogP contribution in [0.25, 0.3) is 0 Å². The largest absolute Gasteiger partial charge is 0.444 e. The van der Waals surface area contributed by atoms with Gasteiger partial charge in [-0.15, -0.1) is 0 Å². The van der Waals surface area contributed by atoms with Gasteiger partial charge in [0.1, 0.15) is 5.60 Å². The SMILES string of the molecule is CC(C)(C)OC(=O)N1CCC(N)CC1c1cc(Cl)ccc1Br. The molecule has 4 nitrogen and oxygen atoms in total. The normalized spacial score (nSPS) is 22.5. The molecule has 2 N–H and O–H groups in total. The first-order valence-electron chi connectivity index (χ1n) is 7.37. The highest BCUT2D eigenvalue weighted by Crippen LogP contribution is 2.36. The number of hydrogen-bond donors (Lipinski definition) is 1. The molecule has 122 valence electrons. The van der Waals surface area contributed by atoms with Crippen LogP contribution in [0.5, 0.6) is 0 Å². The van der Waals surface area contributed by atoms with Crippen LogP contribution in [0.2, 0.25) is 5.02 Å². The van der Waals surface area contributed by atoms with Crippen LogP contribution < -0.4 is 5.73 Å². The number of benzene rings is 1. The molecule has 1 aliphatic heterocycles. The Kier molecular flexibility index (Phi) is 5.41. The van der Waals surface area contributed by atoms with Gasteiger partial charge in [0.15, 0.2) is 0 Å². The fourth-order valence-corrected chi connectivity index (χ4v) is 3.29. The van der Waals surface area contributed by atoms with E-state index in [0.717, 1.165) is 16.5 Å². The molecular weight excluding hydrogens is 368 g/mol. The van der Waals surface area contributed by atoms with Crippen molar-refractivity contribution in [2.24, 2.45) is 5.73 Å². The van der Waals surface area contributed by atoms with Crippen molar-refractivity contribution in [1.29, 1.82) is 0 Å². The van der Waals surface area contributed by atoms with Gasteiger partial charge in [0.05, 0.1) is 6.04 Å². The zero-order valence-electron chi connectivity index (χ0n) is 13.1. The summed E-state index contributed by atoms with van der Waals surface area (Å²) in [7, 11) is 0. The molecule has 1 aliphatic rings. The number of piperidine rings is 1. The summed E-state index contributed by atoms with van der Waals surface area (Å²) in [6, 6.07) is 5.52. The molecule has 1 aromatic rings. The maximum atomic E-state index is 12.5. The van der Waals surface area contributed by atoms with E-state index in [1.165, 1.54) is 0 Å². The van der Waals surface area contributed by atoms with E-state index in [1.54, 1.807) is 4.90 Å². The standard InChI is InChI=1S/C16H22BrClN2O2/c1-16(2,3)22-15(21)20-7-6-11(19)9-14(20)12-8-10(18)4-5-13(12)17/h4-5,8,11,14H,6-7,9,19H2,1-3H3. The lowest BCUT2D eigenvalue weighted by Crippen LogP contribution is -2.47. The Labute approximate surface area is 145 Å². The molecule has 1 fully saturated rings. The molecule has 6 heteroatoms. The van der Waals surface area contributed by atoms with Gasteiger partial charge in [-0.1, -0.05) is 27.5 Å². The molecule has 0 bridgehead atoms. The maximum absolute atomic E-state index is 12.5. The van der Waals surface area contributed by atoms with Crippen LogP contribution >= 0.6 is 27.5 Å². The summed E-state index contributed by atoms with van der Waals surface area (Å²) in [5.41, 5.74) is 6.56. The third-order valence-corrected chi connectivity index (χ3v) is 4.55. The number of carbonyl (C=O) groups excluding carboxylic acids is 1. The van der Waals surface area contributed by atoms with Crippen molar-refractivity contribution in [1.82, 2.24) is 4.90 Å². The Bertz CT molecular complexity index is 560. The van der Waals surface area contributed by atoms with E-state index < -0.39 is 5.60 Å². The highest BCUT2D eigenvalue weighted by Gasteiger charge is 2.35. The van der Waals surface area contributed by atoms with Crippen LogP contribution in [-0.4, -0.2) is 29.2 Å². The molecule has 1 saturated heterocycles. The topological polar surface area (TPSA) is 55.6 Å². The van der Waals surface area contributed by atoms with Crippen molar-refractivity contribution in [3.63, 3.8) is 0 Å². The number of amides is 1. The molecule has 2 rings (SSSR count). The van der Waals surface area contributed by atoms with Gasteiger partial charge >= 0.3 is 6.09 Å². The summed E-state index contributed by atoms with van der Waals surface area (Å²) >= 11 is 9.67. The number of hydrogen-bond acceptors (Lipinski definition) is 3. The van der Waals surface area contributed by atoms with Gasteiger partial charge in [0.25, 0.3) is 0 Å². The van der Waals surface area contributed by atoms with Gasteiger partial charge in [-0.05, 0) is 57.4 Å². The van der Waals surface area contributed by atoms with Crippen molar-refractivity contribution >= 4 is 33.6 Å². The van der Waals surface area contributed by atoms with Crippen LogP contribution in [-0.2, 0) is 4.74 Å². The first-order valence-corrected chi connectivity index (χ1v) is 8.54. The Balaban J connectivity index is 2.31. The number of ether oxygens (including phenoxy) is 1. The molecule has 0 aromatic heterocycles. The minimum absolute atomic E-state index is 0.0644. The van der Waals surface area contributed by atoms with Crippen LogP contribution in [0.1, 0.15) is 45.2 Å². The lowest BCUT2D eigenvalue weighted by Gasteiger charge is -2.39. The van der Waals surface area contributed by atoms with Crippen molar-refractivity contribution in [3.8, 4) is 0 Å². The predicted molar refractivity (Wildman–Crippen MR) is 92.0 cm³/mol. The zero-order chi connectivity index (χ0) is 16.5. The van der Waals surface area contributed by atoms with Crippen molar-refractivity contribution in [2.75, 3.05) is 6.54 Å². The van der Waals surface area contributed by atoms with E-state index in [9.17, 15) is 4.79 Å². The Morgan fingerprint density at radius 1 is 1.45 bits per heavy atom. The van der Waals surface area contributed by atoms with E-state index in [0.29, 0.717) is 18.0 Å². The van der Waals surface area contributed by atoms with Crippen molar-refractivity contribution < 1.29 is 9.53 Å². The van der Waals surface area contributed by atoms with Gasteiger partial charge in [0, 0.05) is 22.1 Å². The second kappa shape index (κ2) is 6.77. The smallest absolute Gasteiger partial charge is 0.410 e. The zero-order valence-corrected chi connectivity index (χ0v) is 15.4. The number of nitrogens with two attached hydrogens (primary N) is 1. The number of rotatable bonds is 1. The monoisotopic (exact) mass is 388 g/mol. The molecule has 2 atom stereocenters. The van der Waals surface area contributed by atoms with E-state index >= 15 is 0 Å². The molecule has 1 amide bonds. The first kappa shape index (κ1) is 17.6. The molecular formula is C16H22BrClN2O2. The average molecular weight is 390 g/mol. The minimum Gasteiger partial charge on any atom is -0.444 e. The fourth-order valence-electron chi connectivity index (χ4n) is 2.60. The van der Waals surface area contributed by atoms with Gasteiger partial charge in [-0.2, -0.15) is 0 Å². The highest BCUT2D eigenvalue weighted by atomic mass is 79.9. The van der Waals surface area contributed by atoms with E-state index in [4.69, 9.17) is 22.1 Å². The number of likely N-dealkylation sites (tertiary alicyclic amines) is 1. The summed E-state index contributed by atoms with van der Waals surface area (Å²) in [4.78, 5) is 14.3. The Morgan fingerprint density at radius 2 is 2.14 bits per heavy atom. The summed E-state index contributed by atoms with van der Waals surface area (Å²) in [5, 5.41) is 0.640. The molecule has 0 saturated carbocycles. The Morgan fingerprint density at radius 3 is 2.77 bits per heavy atom. The first-order chi connectivity index (χ1) is 10.2. The van der Waals surface area contributed by atoms with Crippen molar-refractivity contribution in [3.05, 3.63) is 33.3 Å².